The van der Waals surface area contributed by atoms with Gasteiger partial charge in [-0.05, 0) is 0 Å². The van der Waals surface area contributed by atoms with Crippen molar-refractivity contribution in [2.24, 2.45) is 0 Å². The van der Waals surface area contributed by atoms with Crippen molar-refractivity contribution in [3.63, 3.8) is 0 Å². The van der Waals surface area contributed by atoms with E-state index in [2.05, 4.69) is 19.9 Å². The molecule has 0 saturated carbocycles. The largest absolute Gasteiger partial charge is 0.377 e. The molecule has 0 aliphatic heterocycles. The second kappa shape index (κ2) is 2.86. The predicted molar refractivity (Wildman–Crippen MR) is 42.4 cm³/mol. The van der Waals surface area contributed by atoms with Gasteiger partial charge in [-0.1, -0.05) is 0 Å². The van der Waals surface area contributed by atoms with Crippen molar-refractivity contribution in [3.05, 3.63) is 18.3 Å². The number of ether oxygens (including phenoxy) is 1. The molecule has 2 heterocycles. The first-order chi connectivity index (χ1) is 5.90. The minimum atomic E-state index is 0.469. The summed E-state index contributed by atoms with van der Waals surface area (Å²) in [6.45, 7) is 0.469. The van der Waals surface area contributed by atoms with Gasteiger partial charge in [-0.25, -0.2) is 15.0 Å². The van der Waals surface area contributed by atoms with Gasteiger partial charge >= 0.3 is 0 Å². The highest BCUT2D eigenvalue weighted by Gasteiger charge is 2.01. The standard InChI is InChI=1S/C7H8N4O/c1-12-3-6-10-5-2-8-4-9-7(5)11-6/h2,4H,3H2,1H3,(H,8,9,10,11). The predicted octanol–water partition coefficient (Wildman–Crippen LogP) is 0.499. The van der Waals surface area contributed by atoms with Gasteiger partial charge < -0.3 is 9.72 Å². The zero-order valence-corrected chi connectivity index (χ0v) is 6.61. The van der Waals surface area contributed by atoms with E-state index in [0.29, 0.717) is 12.3 Å². The monoisotopic (exact) mass is 164 g/mol. The van der Waals surface area contributed by atoms with Crippen molar-refractivity contribution >= 4 is 11.2 Å². The van der Waals surface area contributed by atoms with Crippen LogP contribution in [0.2, 0.25) is 0 Å². The molecule has 62 valence electrons. The van der Waals surface area contributed by atoms with Gasteiger partial charge in [-0.2, -0.15) is 0 Å². The summed E-state index contributed by atoms with van der Waals surface area (Å²) >= 11 is 0. The van der Waals surface area contributed by atoms with Gasteiger partial charge in [0.2, 0.25) is 0 Å². The molecule has 12 heavy (non-hydrogen) atoms. The zero-order valence-electron chi connectivity index (χ0n) is 6.61. The van der Waals surface area contributed by atoms with Gasteiger partial charge in [-0.3, -0.25) is 0 Å². The molecule has 0 fully saturated rings. The Bertz CT molecular complexity index is 351. The Morgan fingerprint density at radius 3 is 3.25 bits per heavy atom. The van der Waals surface area contributed by atoms with E-state index in [4.69, 9.17) is 4.74 Å². The molecule has 1 N–H and O–H groups in total. The summed E-state index contributed by atoms with van der Waals surface area (Å²) in [7, 11) is 1.62. The number of hydrogen-bond donors (Lipinski definition) is 1. The fourth-order valence-corrected chi connectivity index (χ4v) is 1.02. The van der Waals surface area contributed by atoms with Crippen LogP contribution in [0.4, 0.5) is 0 Å². The van der Waals surface area contributed by atoms with Crippen LogP contribution in [0.25, 0.3) is 11.2 Å². The van der Waals surface area contributed by atoms with Crippen LogP contribution in [-0.4, -0.2) is 27.0 Å². The lowest BCUT2D eigenvalue weighted by atomic mass is 10.6. The summed E-state index contributed by atoms with van der Waals surface area (Å²) in [5, 5.41) is 0. The minimum Gasteiger partial charge on any atom is -0.377 e. The summed E-state index contributed by atoms with van der Waals surface area (Å²) in [6, 6.07) is 0. The Labute approximate surface area is 68.8 Å². The Balaban J connectivity index is 2.47. The van der Waals surface area contributed by atoms with E-state index >= 15 is 0 Å². The quantitative estimate of drug-likeness (QED) is 0.702. The fraction of sp³-hybridized carbons (Fsp3) is 0.286. The molecule has 5 heteroatoms. The number of rotatable bonds is 2. The van der Waals surface area contributed by atoms with Crippen molar-refractivity contribution in [2.45, 2.75) is 6.61 Å². The van der Waals surface area contributed by atoms with Gasteiger partial charge in [0.25, 0.3) is 0 Å². The van der Waals surface area contributed by atoms with Gasteiger partial charge in [0.15, 0.2) is 5.65 Å². The van der Waals surface area contributed by atoms with Crippen LogP contribution in [0.3, 0.4) is 0 Å². The maximum Gasteiger partial charge on any atom is 0.180 e. The van der Waals surface area contributed by atoms with E-state index in [1.807, 2.05) is 0 Å². The van der Waals surface area contributed by atoms with Gasteiger partial charge in [0.1, 0.15) is 24.3 Å². The number of nitrogens with one attached hydrogen (secondary N) is 1. The first-order valence-electron chi connectivity index (χ1n) is 3.53. The minimum absolute atomic E-state index is 0.469. The third-order valence-electron chi connectivity index (χ3n) is 1.49. The number of fused-ring (bicyclic) bond motifs is 1. The molecule has 0 bridgehead atoms. The van der Waals surface area contributed by atoms with E-state index in [-0.39, 0.29) is 0 Å². The molecular formula is C7H8N4O. The molecule has 5 nitrogen and oxygen atoms in total. The Kier molecular flexibility index (Phi) is 1.71. The number of imidazole rings is 1. The summed E-state index contributed by atoms with van der Waals surface area (Å²) < 4.78 is 4.92. The van der Waals surface area contributed by atoms with E-state index < -0.39 is 0 Å². The van der Waals surface area contributed by atoms with E-state index in [1.165, 1.54) is 6.33 Å². The van der Waals surface area contributed by atoms with E-state index in [1.54, 1.807) is 13.3 Å². The summed E-state index contributed by atoms with van der Waals surface area (Å²) in [4.78, 5) is 15.0. The molecule has 0 amide bonds. The van der Waals surface area contributed by atoms with Crippen LogP contribution in [-0.2, 0) is 11.3 Å². The summed E-state index contributed by atoms with van der Waals surface area (Å²) in [5.41, 5.74) is 1.52. The molecule has 2 rings (SSSR count). The lowest BCUT2D eigenvalue weighted by Crippen LogP contribution is -1.88. The number of methoxy groups -OCH3 is 1. The van der Waals surface area contributed by atoms with Crippen molar-refractivity contribution in [1.82, 2.24) is 19.9 Å². The highest BCUT2D eigenvalue weighted by molar-refractivity contribution is 5.68. The number of aromatic amines is 1. The van der Waals surface area contributed by atoms with Crippen molar-refractivity contribution in [1.29, 1.82) is 0 Å². The van der Waals surface area contributed by atoms with Crippen LogP contribution in [0.5, 0.6) is 0 Å². The molecule has 0 aliphatic rings. The molecule has 0 aliphatic carbocycles. The normalized spacial score (nSPS) is 10.8. The third kappa shape index (κ3) is 1.14. The summed E-state index contributed by atoms with van der Waals surface area (Å²) in [5.74, 6) is 0.771. The first kappa shape index (κ1) is 7.17. The van der Waals surface area contributed by atoms with Gasteiger partial charge in [0, 0.05) is 7.11 Å². The molecule has 0 atom stereocenters. The molecular weight excluding hydrogens is 156 g/mol. The third-order valence-corrected chi connectivity index (χ3v) is 1.49. The Morgan fingerprint density at radius 1 is 1.58 bits per heavy atom. The number of aromatic nitrogens is 4. The highest BCUT2D eigenvalue weighted by atomic mass is 16.5. The van der Waals surface area contributed by atoms with Crippen LogP contribution in [0, 0.1) is 0 Å². The number of H-pyrrole nitrogens is 1. The molecule has 0 radical (unpaired) electrons. The topological polar surface area (TPSA) is 63.7 Å². The molecule has 0 aromatic carbocycles. The fourth-order valence-electron chi connectivity index (χ4n) is 1.02. The Morgan fingerprint density at radius 2 is 2.50 bits per heavy atom. The Hall–Kier alpha value is -1.49. The van der Waals surface area contributed by atoms with Crippen LogP contribution < -0.4 is 0 Å². The molecule has 2 aromatic heterocycles. The molecule has 0 saturated heterocycles. The molecule has 0 unspecified atom stereocenters. The highest BCUT2D eigenvalue weighted by Crippen LogP contribution is 2.05. The second-order valence-electron chi connectivity index (χ2n) is 2.38. The van der Waals surface area contributed by atoms with Crippen LogP contribution in [0.15, 0.2) is 12.5 Å². The number of nitrogens with zero attached hydrogens (tertiary/aromatic N) is 3. The smallest absolute Gasteiger partial charge is 0.180 e. The van der Waals surface area contributed by atoms with E-state index in [9.17, 15) is 0 Å². The second-order valence-corrected chi connectivity index (χ2v) is 2.38. The van der Waals surface area contributed by atoms with Crippen molar-refractivity contribution in [2.75, 3.05) is 7.11 Å². The lowest BCUT2D eigenvalue weighted by molar-refractivity contribution is 0.179. The van der Waals surface area contributed by atoms with Crippen molar-refractivity contribution in [3.8, 4) is 0 Å². The lowest BCUT2D eigenvalue weighted by Gasteiger charge is -1.89. The average Bonchev–Trinajstić information content (AvgIpc) is 2.47. The molecule has 2 aromatic rings. The maximum atomic E-state index is 4.92. The number of hydrogen-bond acceptors (Lipinski definition) is 4. The van der Waals surface area contributed by atoms with Gasteiger partial charge in [-0.15, -0.1) is 0 Å². The zero-order chi connectivity index (χ0) is 8.39. The summed E-state index contributed by atoms with van der Waals surface area (Å²) in [6.07, 6.45) is 3.16. The van der Waals surface area contributed by atoms with Crippen LogP contribution in [0.1, 0.15) is 5.82 Å². The van der Waals surface area contributed by atoms with Gasteiger partial charge in [0.05, 0.1) is 6.20 Å². The van der Waals surface area contributed by atoms with Crippen LogP contribution >= 0.6 is 0 Å². The first-order valence-corrected chi connectivity index (χ1v) is 3.53. The average molecular weight is 164 g/mol. The molecule has 0 spiro atoms. The maximum absolute atomic E-state index is 4.92. The SMILES string of the molecule is COCc1nc2ncncc2[nH]1. The van der Waals surface area contributed by atoms with Crippen molar-refractivity contribution < 1.29 is 4.74 Å². The van der Waals surface area contributed by atoms with E-state index in [0.717, 1.165) is 11.3 Å².